The summed E-state index contributed by atoms with van der Waals surface area (Å²) in [6.45, 7) is 2.21. The van der Waals surface area contributed by atoms with Crippen LogP contribution in [0.5, 0.6) is 0 Å². The van der Waals surface area contributed by atoms with E-state index in [1.165, 1.54) is 23.7 Å². The number of nitrogens with two attached hydrogens (primary N) is 1. The van der Waals surface area contributed by atoms with Crippen molar-refractivity contribution in [3.8, 4) is 0 Å². The molecule has 8 nitrogen and oxygen atoms in total. The van der Waals surface area contributed by atoms with E-state index in [2.05, 4.69) is 20.6 Å². The van der Waals surface area contributed by atoms with Gasteiger partial charge in [-0.3, -0.25) is 14.4 Å². The van der Waals surface area contributed by atoms with Crippen LogP contribution in [0.4, 0.5) is 10.5 Å². The molecule has 0 bridgehead atoms. The molecule has 4 N–H and O–H groups in total. The van der Waals surface area contributed by atoms with Crippen LogP contribution in [-0.2, 0) is 11.3 Å². The van der Waals surface area contributed by atoms with Crippen molar-refractivity contribution in [3.05, 3.63) is 12.4 Å². The number of fused-ring (bicyclic) bond motifs is 1. The zero-order valence-electron chi connectivity index (χ0n) is 12.5. The second kappa shape index (κ2) is 6.35. The topological polar surface area (TPSA) is 105 Å². The second-order valence-electron chi connectivity index (χ2n) is 5.99. The number of anilines is 1. The normalized spacial score (nSPS) is 24.7. The molecule has 120 valence electrons. The van der Waals surface area contributed by atoms with Gasteiger partial charge in [-0.05, 0) is 25.8 Å². The number of nitrogens with zero attached hydrogens (tertiary/aromatic N) is 3. The van der Waals surface area contributed by atoms with Gasteiger partial charge in [0.05, 0.1) is 11.9 Å². The Morgan fingerprint density at radius 1 is 1.32 bits per heavy atom. The summed E-state index contributed by atoms with van der Waals surface area (Å²) in [4.78, 5) is 25.4. The van der Waals surface area contributed by atoms with E-state index >= 15 is 0 Å². The standard InChI is InChI=1S/C14H22N6O2/c15-13(21)9-20-8-10(7-16-20)17-14(22)18-11-4-6-19-5-2-1-3-12(11)19/h7-8,11-12H,1-6,9H2,(H2,15,21)(H2,17,18,22)/t11-,12+/m0/s1. The van der Waals surface area contributed by atoms with Gasteiger partial charge >= 0.3 is 6.03 Å². The summed E-state index contributed by atoms with van der Waals surface area (Å²) in [7, 11) is 0. The molecule has 1 aromatic rings. The number of piperidine rings is 1. The monoisotopic (exact) mass is 306 g/mol. The van der Waals surface area contributed by atoms with Crippen LogP contribution in [0.3, 0.4) is 0 Å². The van der Waals surface area contributed by atoms with Crippen molar-refractivity contribution in [1.29, 1.82) is 0 Å². The van der Waals surface area contributed by atoms with Crippen molar-refractivity contribution in [2.24, 2.45) is 5.73 Å². The first-order valence-electron chi connectivity index (χ1n) is 7.74. The first-order valence-corrected chi connectivity index (χ1v) is 7.74. The Balaban J connectivity index is 1.52. The van der Waals surface area contributed by atoms with E-state index in [1.807, 2.05) is 0 Å². The molecule has 0 spiro atoms. The molecule has 22 heavy (non-hydrogen) atoms. The molecule has 3 heterocycles. The number of hydrogen-bond donors (Lipinski definition) is 3. The first-order chi connectivity index (χ1) is 10.6. The summed E-state index contributed by atoms with van der Waals surface area (Å²) < 4.78 is 1.40. The van der Waals surface area contributed by atoms with Gasteiger partial charge in [-0.25, -0.2) is 4.79 Å². The van der Waals surface area contributed by atoms with Crippen LogP contribution in [0, 0.1) is 0 Å². The molecule has 0 aliphatic carbocycles. The number of carbonyl (C=O) groups excluding carboxylic acids is 2. The highest BCUT2D eigenvalue weighted by Gasteiger charge is 2.36. The van der Waals surface area contributed by atoms with Crippen LogP contribution in [-0.4, -0.2) is 51.8 Å². The molecule has 8 heteroatoms. The molecule has 0 radical (unpaired) electrons. The molecule has 0 aromatic carbocycles. The minimum Gasteiger partial charge on any atom is -0.368 e. The highest BCUT2D eigenvalue weighted by Crippen LogP contribution is 2.27. The van der Waals surface area contributed by atoms with Crippen LogP contribution in [0.25, 0.3) is 0 Å². The lowest BCUT2D eigenvalue weighted by atomic mass is 9.99. The third-order valence-corrected chi connectivity index (χ3v) is 4.38. The maximum atomic E-state index is 12.1. The molecule has 2 aliphatic rings. The number of urea groups is 1. The van der Waals surface area contributed by atoms with Gasteiger partial charge in [-0.1, -0.05) is 6.42 Å². The number of hydrogen-bond acceptors (Lipinski definition) is 4. The Morgan fingerprint density at radius 3 is 3.00 bits per heavy atom. The van der Waals surface area contributed by atoms with E-state index in [9.17, 15) is 9.59 Å². The van der Waals surface area contributed by atoms with Crippen LogP contribution in [0.15, 0.2) is 12.4 Å². The molecule has 2 atom stereocenters. The third-order valence-electron chi connectivity index (χ3n) is 4.38. The van der Waals surface area contributed by atoms with Crippen molar-refractivity contribution >= 4 is 17.6 Å². The van der Waals surface area contributed by atoms with E-state index < -0.39 is 5.91 Å². The van der Waals surface area contributed by atoms with Gasteiger partial charge in [0.15, 0.2) is 0 Å². The largest absolute Gasteiger partial charge is 0.368 e. The van der Waals surface area contributed by atoms with E-state index in [0.29, 0.717) is 11.7 Å². The zero-order chi connectivity index (χ0) is 15.5. The third kappa shape index (κ3) is 3.38. The van der Waals surface area contributed by atoms with E-state index in [0.717, 1.165) is 25.9 Å². The lowest BCUT2D eigenvalue weighted by Crippen LogP contribution is -2.47. The zero-order valence-corrected chi connectivity index (χ0v) is 12.5. The molecular formula is C14H22N6O2. The van der Waals surface area contributed by atoms with Crippen molar-refractivity contribution in [2.75, 3.05) is 18.4 Å². The van der Waals surface area contributed by atoms with Gasteiger partial charge in [0.2, 0.25) is 5.91 Å². The Labute approximate surface area is 129 Å². The summed E-state index contributed by atoms with van der Waals surface area (Å²) in [5.74, 6) is -0.470. The van der Waals surface area contributed by atoms with E-state index in [-0.39, 0.29) is 18.6 Å². The smallest absolute Gasteiger partial charge is 0.319 e. The summed E-state index contributed by atoms with van der Waals surface area (Å²) in [5, 5.41) is 9.78. The lowest BCUT2D eigenvalue weighted by Gasteiger charge is -2.32. The van der Waals surface area contributed by atoms with Gasteiger partial charge < -0.3 is 16.4 Å². The maximum absolute atomic E-state index is 12.1. The molecule has 2 saturated heterocycles. The van der Waals surface area contributed by atoms with Gasteiger partial charge in [0.1, 0.15) is 6.54 Å². The van der Waals surface area contributed by atoms with Gasteiger partial charge in [0, 0.05) is 24.8 Å². The number of aromatic nitrogens is 2. The summed E-state index contributed by atoms with van der Waals surface area (Å²) in [6.07, 6.45) is 7.74. The molecule has 0 saturated carbocycles. The average molecular weight is 306 g/mol. The molecular weight excluding hydrogens is 284 g/mol. The number of carbonyl (C=O) groups is 2. The molecule has 1 aromatic heterocycles. The predicted octanol–water partition coefficient (Wildman–Crippen LogP) is 0.117. The van der Waals surface area contributed by atoms with Crippen LogP contribution < -0.4 is 16.4 Å². The van der Waals surface area contributed by atoms with Gasteiger partial charge in [-0.15, -0.1) is 0 Å². The predicted molar refractivity (Wildman–Crippen MR) is 81.2 cm³/mol. The van der Waals surface area contributed by atoms with Gasteiger partial charge in [-0.2, -0.15) is 5.10 Å². The highest BCUT2D eigenvalue weighted by molar-refractivity contribution is 5.89. The number of nitrogens with one attached hydrogen (secondary N) is 2. The molecule has 0 unspecified atom stereocenters. The summed E-state index contributed by atoms with van der Waals surface area (Å²) in [6, 6.07) is 0.453. The van der Waals surface area contributed by atoms with Crippen molar-refractivity contribution in [3.63, 3.8) is 0 Å². The van der Waals surface area contributed by atoms with Crippen LogP contribution in [0.2, 0.25) is 0 Å². The first kappa shape index (κ1) is 14.8. The molecule has 3 rings (SSSR count). The fourth-order valence-corrected chi connectivity index (χ4v) is 3.43. The Hall–Kier alpha value is -2.09. The Morgan fingerprint density at radius 2 is 2.18 bits per heavy atom. The summed E-state index contributed by atoms with van der Waals surface area (Å²) in [5.41, 5.74) is 5.66. The maximum Gasteiger partial charge on any atom is 0.319 e. The quantitative estimate of drug-likeness (QED) is 0.734. The Bertz CT molecular complexity index is 557. The van der Waals surface area contributed by atoms with Crippen molar-refractivity contribution in [1.82, 2.24) is 20.0 Å². The lowest BCUT2D eigenvalue weighted by molar-refractivity contribution is -0.118. The number of rotatable bonds is 4. The van der Waals surface area contributed by atoms with Crippen molar-refractivity contribution < 1.29 is 9.59 Å². The average Bonchev–Trinajstić information content (AvgIpc) is 3.06. The SMILES string of the molecule is NC(=O)Cn1cc(NC(=O)N[C@H]2CCN3CCCC[C@H]23)cn1. The van der Waals surface area contributed by atoms with Crippen molar-refractivity contribution in [2.45, 2.75) is 44.3 Å². The highest BCUT2D eigenvalue weighted by atomic mass is 16.2. The van der Waals surface area contributed by atoms with Gasteiger partial charge in [0.25, 0.3) is 0 Å². The second-order valence-corrected chi connectivity index (χ2v) is 5.99. The number of primary amides is 1. The summed E-state index contributed by atoms with van der Waals surface area (Å²) >= 11 is 0. The Kier molecular flexibility index (Phi) is 4.28. The fraction of sp³-hybridized carbons (Fsp3) is 0.643. The van der Waals surface area contributed by atoms with E-state index in [4.69, 9.17) is 5.73 Å². The minimum atomic E-state index is -0.470. The molecule has 3 amide bonds. The number of amides is 3. The van der Waals surface area contributed by atoms with E-state index in [1.54, 1.807) is 6.20 Å². The fourth-order valence-electron chi connectivity index (χ4n) is 3.43. The van der Waals surface area contributed by atoms with Crippen LogP contribution in [0.1, 0.15) is 25.7 Å². The molecule has 2 aliphatic heterocycles. The van der Waals surface area contributed by atoms with Crippen LogP contribution >= 0.6 is 0 Å². The molecule has 2 fully saturated rings. The minimum absolute atomic E-state index is 0.00293.